The minimum absolute atomic E-state index is 0. The van der Waals surface area contributed by atoms with Gasteiger partial charge in [0.2, 0.25) is 5.91 Å². The zero-order valence-corrected chi connectivity index (χ0v) is 13.2. The van der Waals surface area contributed by atoms with E-state index in [0.29, 0.717) is 0 Å². The normalized spacial score (nSPS) is 20.2. The standard InChI is InChI=1S/C7H9N3O5S2.Na/c1-16-5(2-8)6(11)9-4-3-10(7(4)12)17(13,14)15;/h4-5H,3H2,1H3,(H,9,11)(H,13,14,15);/q;+1/p-1. The first-order valence-corrected chi connectivity index (χ1v) is 6.96. The number of β-lactam (4-membered cyclic amide) rings is 1. The quantitative estimate of drug-likeness (QED) is 0.312. The molecule has 0 spiro atoms. The van der Waals surface area contributed by atoms with E-state index in [4.69, 9.17) is 5.26 Å². The Balaban J connectivity index is 0.00000289. The van der Waals surface area contributed by atoms with Crippen LogP contribution in [0.2, 0.25) is 0 Å². The van der Waals surface area contributed by atoms with E-state index >= 15 is 0 Å². The first-order valence-electron chi connectivity index (χ1n) is 4.31. The van der Waals surface area contributed by atoms with E-state index < -0.39 is 33.4 Å². The van der Waals surface area contributed by atoms with Gasteiger partial charge < -0.3 is 9.87 Å². The van der Waals surface area contributed by atoms with Crippen LogP contribution in [0.5, 0.6) is 0 Å². The van der Waals surface area contributed by atoms with Crippen LogP contribution in [0.4, 0.5) is 0 Å². The molecule has 2 amide bonds. The maximum Gasteiger partial charge on any atom is 1.00 e. The Morgan fingerprint density at radius 2 is 2.28 bits per heavy atom. The van der Waals surface area contributed by atoms with Crippen LogP contribution < -0.4 is 34.9 Å². The van der Waals surface area contributed by atoms with E-state index in [9.17, 15) is 22.6 Å². The number of carbonyl (C=O) groups is 2. The molecule has 1 aliphatic rings. The number of nitrogens with zero attached hydrogens (tertiary/aromatic N) is 2. The molecule has 0 radical (unpaired) electrons. The minimum Gasteiger partial charge on any atom is -0.731 e. The van der Waals surface area contributed by atoms with E-state index in [1.165, 1.54) is 0 Å². The van der Waals surface area contributed by atoms with E-state index in [-0.39, 0.29) is 40.4 Å². The minimum atomic E-state index is -4.80. The average Bonchev–Trinajstić information content (AvgIpc) is 2.23. The fourth-order valence-electron chi connectivity index (χ4n) is 1.17. The van der Waals surface area contributed by atoms with Gasteiger partial charge in [0.25, 0.3) is 5.91 Å². The Morgan fingerprint density at radius 3 is 2.61 bits per heavy atom. The molecule has 94 valence electrons. The predicted octanol–water partition coefficient (Wildman–Crippen LogP) is -4.97. The second-order valence-electron chi connectivity index (χ2n) is 3.13. The van der Waals surface area contributed by atoms with Crippen molar-refractivity contribution in [3.05, 3.63) is 0 Å². The molecule has 0 saturated carbocycles. The van der Waals surface area contributed by atoms with Crippen molar-refractivity contribution < 1.29 is 52.1 Å². The van der Waals surface area contributed by atoms with Gasteiger partial charge in [-0.25, -0.2) is 12.7 Å². The zero-order chi connectivity index (χ0) is 13.2. The van der Waals surface area contributed by atoms with Crippen molar-refractivity contribution >= 4 is 33.9 Å². The van der Waals surface area contributed by atoms with Crippen molar-refractivity contribution in [2.24, 2.45) is 0 Å². The zero-order valence-electron chi connectivity index (χ0n) is 9.61. The van der Waals surface area contributed by atoms with Crippen LogP contribution in [-0.2, 0) is 19.9 Å². The summed E-state index contributed by atoms with van der Waals surface area (Å²) >= 11 is 0.984. The van der Waals surface area contributed by atoms with Crippen molar-refractivity contribution in [3.8, 4) is 6.07 Å². The van der Waals surface area contributed by atoms with E-state index in [1.54, 1.807) is 12.3 Å². The summed E-state index contributed by atoms with van der Waals surface area (Å²) in [6.45, 7) is -0.386. The molecule has 1 N–H and O–H groups in total. The molecule has 0 bridgehead atoms. The molecule has 0 aliphatic carbocycles. The van der Waals surface area contributed by atoms with Crippen LogP contribution >= 0.6 is 11.8 Å². The number of nitriles is 1. The molecule has 0 aromatic rings. The van der Waals surface area contributed by atoms with Gasteiger partial charge in [-0.3, -0.25) is 9.59 Å². The third kappa shape index (κ3) is 3.84. The van der Waals surface area contributed by atoms with Gasteiger partial charge in [0.05, 0.1) is 12.6 Å². The topological polar surface area (TPSA) is 130 Å². The molecule has 8 nitrogen and oxygen atoms in total. The van der Waals surface area contributed by atoms with Crippen LogP contribution in [-0.4, -0.2) is 53.2 Å². The number of amides is 2. The van der Waals surface area contributed by atoms with Gasteiger partial charge in [0, 0.05) is 0 Å². The van der Waals surface area contributed by atoms with Crippen LogP contribution in [0.15, 0.2) is 0 Å². The predicted molar refractivity (Wildman–Crippen MR) is 56.3 cm³/mol. The molecule has 18 heavy (non-hydrogen) atoms. The number of thioether (sulfide) groups is 1. The largest absolute Gasteiger partial charge is 1.00 e. The maximum absolute atomic E-state index is 11.4. The Bertz CT molecular complexity index is 488. The average molecular weight is 301 g/mol. The second kappa shape index (κ2) is 6.74. The monoisotopic (exact) mass is 301 g/mol. The van der Waals surface area contributed by atoms with Crippen molar-refractivity contribution in [2.45, 2.75) is 11.3 Å². The Labute approximate surface area is 130 Å². The van der Waals surface area contributed by atoms with Crippen molar-refractivity contribution in [1.29, 1.82) is 5.26 Å². The van der Waals surface area contributed by atoms with E-state index in [2.05, 4.69) is 5.32 Å². The van der Waals surface area contributed by atoms with E-state index in [0.717, 1.165) is 11.8 Å². The van der Waals surface area contributed by atoms with Gasteiger partial charge in [-0.2, -0.15) is 5.26 Å². The molecule has 2 atom stereocenters. The van der Waals surface area contributed by atoms with Gasteiger partial charge >= 0.3 is 29.6 Å². The number of carbonyl (C=O) groups excluding carboxylic acids is 2. The first-order chi connectivity index (χ1) is 7.81. The van der Waals surface area contributed by atoms with Gasteiger partial charge in [0.1, 0.15) is 6.04 Å². The molecule has 0 aromatic carbocycles. The van der Waals surface area contributed by atoms with Gasteiger partial charge in [0.15, 0.2) is 15.6 Å². The Hall–Kier alpha value is -0.310. The Morgan fingerprint density at radius 1 is 1.72 bits per heavy atom. The summed E-state index contributed by atoms with van der Waals surface area (Å²) in [4.78, 5) is 22.5. The van der Waals surface area contributed by atoms with Gasteiger partial charge in [-0.1, -0.05) is 0 Å². The summed E-state index contributed by atoms with van der Waals surface area (Å²) in [6.07, 6.45) is 1.55. The molecule has 1 aliphatic heterocycles. The molecule has 11 heteroatoms. The summed E-state index contributed by atoms with van der Waals surface area (Å²) < 4.78 is 31.6. The number of rotatable bonds is 4. The van der Waals surface area contributed by atoms with Crippen LogP contribution in [0.1, 0.15) is 0 Å². The summed E-state index contributed by atoms with van der Waals surface area (Å²) in [5, 5.41) is 9.80. The number of nitrogens with one attached hydrogen (secondary N) is 1. The maximum atomic E-state index is 11.4. The van der Waals surface area contributed by atoms with Crippen molar-refractivity contribution in [3.63, 3.8) is 0 Å². The number of hydrogen-bond acceptors (Lipinski definition) is 7. The molecular formula is C7H8N3NaO5S2. The SMILES string of the molecule is CSC(C#N)C(=O)NC1CN(S(=O)(=O)[O-])C1=O.[Na+]. The molecule has 2 unspecified atom stereocenters. The third-order valence-electron chi connectivity index (χ3n) is 2.07. The molecule has 1 saturated heterocycles. The summed E-state index contributed by atoms with van der Waals surface area (Å²) in [7, 11) is -4.80. The van der Waals surface area contributed by atoms with Gasteiger partial charge in [-0.15, -0.1) is 11.8 Å². The first kappa shape index (κ1) is 17.7. The fraction of sp³-hybridized carbons (Fsp3) is 0.571. The summed E-state index contributed by atoms with van der Waals surface area (Å²) in [5.74, 6) is -1.66. The molecule has 1 fully saturated rings. The summed E-state index contributed by atoms with van der Waals surface area (Å²) in [6, 6.07) is 0.660. The van der Waals surface area contributed by atoms with Crippen LogP contribution in [0, 0.1) is 11.3 Å². The van der Waals surface area contributed by atoms with E-state index in [1.807, 2.05) is 0 Å². The van der Waals surface area contributed by atoms with Crippen molar-refractivity contribution in [1.82, 2.24) is 9.62 Å². The fourth-order valence-corrected chi connectivity index (χ4v) is 2.24. The number of hydrogen-bond donors (Lipinski definition) is 1. The van der Waals surface area contributed by atoms with Crippen molar-refractivity contribution in [2.75, 3.05) is 12.8 Å². The Kier molecular flexibility index (Phi) is 6.62. The van der Waals surface area contributed by atoms with Gasteiger partial charge in [-0.05, 0) is 6.26 Å². The van der Waals surface area contributed by atoms with Crippen LogP contribution in [0.25, 0.3) is 0 Å². The summed E-state index contributed by atoms with van der Waals surface area (Å²) in [5.41, 5.74) is 0. The third-order valence-corrected chi connectivity index (χ3v) is 3.73. The second-order valence-corrected chi connectivity index (χ2v) is 5.37. The van der Waals surface area contributed by atoms with Crippen LogP contribution in [0.3, 0.4) is 0 Å². The molecular weight excluding hydrogens is 293 g/mol. The smallest absolute Gasteiger partial charge is 0.731 e. The molecule has 1 rings (SSSR count). The molecule has 0 aromatic heterocycles. The molecule has 1 heterocycles.